The highest BCUT2D eigenvalue weighted by Gasteiger charge is 2.16. The standard InChI is InChI=1S/C14H14ClN5/c1-9-4-6-11(7-5-9)19(3)13-10(2)12(15)18-14-16-8-17-20(13)14/h4-8H,1-3H3. The Morgan fingerprint density at radius 2 is 1.85 bits per heavy atom. The SMILES string of the molecule is Cc1ccc(N(C)c2c(C)c(Cl)nc3ncnn23)cc1. The Hall–Kier alpha value is -2.14. The summed E-state index contributed by atoms with van der Waals surface area (Å²) < 4.78 is 1.70. The Bertz CT molecular complexity index is 763. The van der Waals surface area contributed by atoms with E-state index in [1.54, 1.807) is 4.52 Å². The molecule has 0 saturated heterocycles. The van der Waals surface area contributed by atoms with Crippen molar-refractivity contribution < 1.29 is 0 Å². The first-order valence-electron chi connectivity index (χ1n) is 6.24. The van der Waals surface area contributed by atoms with Crippen molar-refractivity contribution in [1.29, 1.82) is 0 Å². The van der Waals surface area contributed by atoms with Crippen LogP contribution in [0.25, 0.3) is 5.78 Å². The molecular weight excluding hydrogens is 274 g/mol. The fourth-order valence-electron chi connectivity index (χ4n) is 2.17. The van der Waals surface area contributed by atoms with E-state index in [0.717, 1.165) is 17.1 Å². The smallest absolute Gasteiger partial charge is 0.255 e. The van der Waals surface area contributed by atoms with Gasteiger partial charge in [0.25, 0.3) is 5.78 Å². The van der Waals surface area contributed by atoms with Crippen LogP contribution in [0.5, 0.6) is 0 Å². The molecule has 0 unspecified atom stereocenters. The minimum absolute atomic E-state index is 0.444. The average molecular weight is 288 g/mol. The Balaban J connectivity index is 2.20. The summed E-state index contributed by atoms with van der Waals surface area (Å²) in [6.07, 6.45) is 1.48. The molecule has 0 radical (unpaired) electrons. The summed E-state index contributed by atoms with van der Waals surface area (Å²) in [5, 5.41) is 4.67. The molecule has 0 aliphatic carbocycles. The summed E-state index contributed by atoms with van der Waals surface area (Å²) in [4.78, 5) is 10.3. The van der Waals surface area contributed by atoms with Gasteiger partial charge >= 0.3 is 0 Å². The van der Waals surface area contributed by atoms with Crippen LogP contribution in [0.1, 0.15) is 11.1 Å². The molecule has 0 fully saturated rings. The summed E-state index contributed by atoms with van der Waals surface area (Å²) in [5.41, 5.74) is 3.14. The van der Waals surface area contributed by atoms with Crippen molar-refractivity contribution in [2.45, 2.75) is 13.8 Å². The molecule has 0 atom stereocenters. The molecule has 0 N–H and O–H groups in total. The van der Waals surface area contributed by atoms with Gasteiger partial charge in [0.1, 0.15) is 17.3 Å². The summed E-state index contributed by atoms with van der Waals surface area (Å²) >= 11 is 6.19. The quantitative estimate of drug-likeness (QED) is 0.679. The molecule has 5 nitrogen and oxygen atoms in total. The zero-order valence-corrected chi connectivity index (χ0v) is 12.3. The molecule has 20 heavy (non-hydrogen) atoms. The van der Waals surface area contributed by atoms with Crippen LogP contribution in [0.2, 0.25) is 5.15 Å². The number of aryl methyl sites for hydroxylation is 1. The second kappa shape index (κ2) is 4.76. The first kappa shape index (κ1) is 12.9. The van der Waals surface area contributed by atoms with Gasteiger partial charge in [0.2, 0.25) is 0 Å². The minimum Gasteiger partial charge on any atom is -0.329 e. The summed E-state index contributed by atoms with van der Waals surface area (Å²) in [7, 11) is 1.98. The lowest BCUT2D eigenvalue weighted by atomic mass is 10.2. The molecule has 3 rings (SSSR count). The molecule has 2 heterocycles. The highest BCUT2D eigenvalue weighted by atomic mass is 35.5. The highest BCUT2D eigenvalue weighted by molar-refractivity contribution is 6.30. The summed E-state index contributed by atoms with van der Waals surface area (Å²) in [6.45, 7) is 3.99. The lowest BCUT2D eigenvalue weighted by Crippen LogP contribution is -2.16. The Morgan fingerprint density at radius 1 is 1.15 bits per heavy atom. The number of rotatable bonds is 2. The Kier molecular flexibility index (Phi) is 3.06. The number of anilines is 2. The molecule has 6 heteroatoms. The number of nitrogens with zero attached hydrogens (tertiary/aromatic N) is 5. The first-order valence-corrected chi connectivity index (χ1v) is 6.62. The van der Waals surface area contributed by atoms with Crippen molar-refractivity contribution in [2.24, 2.45) is 0 Å². The van der Waals surface area contributed by atoms with Crippen LogP contribution in [0.15, 0.2) is 30.6 Å². The number of fused-ring (bicyclic) bond motifs is 1. The molecule has 2 aromatic heterocycles. The van der Waals surface area contributed by atoms with Crippen LogP contribution in [0.3, 0.4) is 0 Å². The number of aromatic nitrogens is 4. The van der Waals surface area contributed by atoms with Gasteiger partial charge in [-0.3, -0.25) is 0 Å². The maximum Gasteiger partial charge on any atom is 0.255 e. The normalized spacial score (nSPS) is 11.0. The molecule has 1 aromatic carbocycles. The zero-order valence-electron chi connectivity index (χ0n) is 11.5. The van der Waals surface area contributed by atoms with Gasteiger partial charge in [-0.1, -0.05) is 29.3 Å². The molecule has 3 aromatic rings. The van der Waals surface area contributed by atoms with Crippen LogP contribution in [0, 0.1) is 13.8 Å². The van der Waals surface area contributed by atoms with E-state index in [2.05, 4.69) is 46.3 Å². The van der Waals surface area contributed by atoms with E-state index in [4.69, 9.17) is 11.6 Å². The van der Waals surface area contributed by atoms with Crippen molar-refractivity contribution in [3.8, 4) is 0 Å². The maximum absolute atomic E-state index is 6.19. The van der Waals surface area contributed by atoms with E-state index in [1.165, 1.54) is 11.9 Å². The number of halogens is 1. The molecule has 0 amide bonds. The van der Waals surface area contributed by atoms with Crippen molar-refractivity contribution in [3.63, 3.8) is 0 Å². The predicted octanol–water partition coefficient (Wildman–Crippen LogP) is 3.16. The number of benzene rings is 1. The summed E-state index contributed by atoms with van der Waals surface area (Å²) in [6, 6.07) is 8.27. The molecule has 0 aliphatic heterocycles. The van der Waals surface area contributed by atoms with Gasteiger partial charge < -0.3 is 4.90 Å². The van der Waals surface area contributed by atoms with Crippen LogP contribution in [-0.4, -0.2) is 26.6 Å². The van der Waals surface area contributed by atoms with E-state index in [0.29, 0.717) is 10.9 Å². The van der Waals surface area contributed by atoms with Crippen molar-refractivity contribution in [2.75, 3.05) is 11.9 Å². The van der Waals surface area contributed by atoms with E-state index in [-0.39, 0.29) is 0 Å². The third-order valence-corrected chi connectivity index (χ3v) is 3.68. The van der Waals surface area contributed by atoms with Gasteiger partial charge in [0.15, 0.2) is 0 Å². The maximum atomic E-state index is 6.19. The molecule has 0 bridgehead atoms. The second-order valence-corrected chi connectivity index (χ2v) is 5.08. The highest BCUT2D eigenvalue weighted by Crippen LogP contribution is 2.30. The number of hydrogen-bond donors (Lipinski definition) is 0. The molecule has 102 valence electrons. The van der Waals surface area contributed by atoms with Crippen molar-refractivity contribution in [1.82, 2.24) is 19.6 Å². The average Bonchev–Trinajstić information content (AvgIpc) is 2.88. The lowest BCUT2D eigenvalue weighted by Gasteiger charge is -2.22. The fraction of sp³-hybridized carbons (Fsp3) is 0.214. The van der Waals surface area contributed by atoms with Crippen molar-refractivity contribution >= 4 is 28.9 Å². The van der Waals surface area contributed by atoms with E-state index in [1.807, 2.05) is 18.9 Å². The molecule has 0 spiro atoms. The molecular formula is C14H14ClN5. The van der Waals surface area contributed by atoms with E-state index >= 15 is 0 Å². The largest absolute Gasteiger partial charge is 0.329 e. The van der Waals surface area contributed by atoms with E-state index < -0.39 is 0 Å². The van der Waals surface area contributed by atoms with Crippen molar-refractivity contribution in [3.05, 3.63) is 46.9 Å². The van der Waals surface area contributed by atoms with Crippen LogP contribution < -0.4 is 4.90 Å². The Morgan fingerprint density at radius 3 is 2.55 bits per heavy atom. The van der Waals surface area contributed by atoms with Gasteiger partial charge in [-0.05, 0) is 26.0 Å². The number of hydrogen-bond acceptors (Lipinski definition) is 4. The fourth-order valence-corrected chi connectivity index (χ4v) is 2.33. The van der Waals surface area contributed by atoms with Crippen LogP contribution >= 0.6 is 11.6 Å². The van der Waals surface area contributed by atoms with Gasteiger partial charge in [0.05, 0.1) is 0 Å². The van der Waals surface area contributed by atoms with Gasteiger partial charge in [-0.25, -0.2) is 0 Å². The Labute approximate surface area is 121 Å². The molecule has 0 aliphatic rings. The predicted molar refractivity (Wildman–Crippen MR) is 79.8 cm³/mol. The lowest BCUT2D eigenvalue weighted by molar-refractivity contribution is 0.900. The third kappa shape index (κ3) is 2.00. The first-order chi connectivity index (χ1) is 9.58. The van der Waals surface area contributed by atoms with Gasteiger partial charge in [-0.2, -0.15) is 19.6 Å². The third-order valence-electron chi connectivity index (χ3n) is 3.31. The van der Waals surface area contributed by atoms with Crippen LogP contribution in [-0.2, 0) is 0 Å². The topological polar surface area (TPSA) is 46.3 Å². The monoisotopic (exact) mass is 287 g/mol. The summed E-state index contributed by atoms with van der Waals surface area (Å²) in [5.74, 6) is 1.36. The zero-order chi connectivity index (χ0) is 14.3. The second-order valence-electron chi connectivity index (χ2n) is 4.72. The van der Waals surface area contributed by atoms with Gasteiger partial charge in [-0.15, -0.1) is 0 Å². The molecule has 0 saturated carbocycles. The van der Waals surface area contributed by atoms with E-state index in [9.17, 15) is 0 Å². The minimum atomic E-state index is 0.444. The van der Waals surface area contributed by atoms with Crippen LogP contribution in [0.4, 0.5) is 11.5 Å². The van der Waals surface area contributed by atoms with Gasteiger partial charge in [0, 0.05) is 18.3 Å².